The summed E-state index contributed by atoms with van der Waals surface area (Å²) >= 11 is 0. The van der Waals surface area contributed by atoms with Gasteiger partial charge in [0, 0.05) is 5.41 Å². The van der Waals surface area contributed by atoms with Gasteiger partial charge in [-0.15, -0.1) is 0 Å². The number of hydrogen-bond donors (Lipinski definition) is 1. The average Bonchev–Trinajstić information content (AvgIpc) is 2.03. The Labute approximate surface area is 80.3 Å². The number of aliphatic hydroxyl groups is 1. The number of ether oxygens (including phenoxy) is 1. The van der Waals surface area contributed by atoms with Gasteiger partial charge in [0.15, 0.2) is 0 Å². The third kappa shape index (κ3) is 1.15. The maximum absolute atomic E-state index is 9.51. The molecule has 76 valence electrons. The van der Waals surface area contributed by atoms with Crippen LogP contribution in [0.25, 0.3) is 0 Å². The Hall–Kier alpha value is -0.0800. The summed E-state index contributed by atoms with van der Waals surface area (Å²) in [6.45, 7) is 7.76. The Morgan fingerprint density at radius 2 is 1.85 bits per heavy atom. The van der Waals surface area contributed by atoms with Crippen molar-refractivity contribution in [2.75, 3.05) is 13.2 Å². The van der Waals surface area contributed by atoms with Gasteiger partial charge in [0.1, 0.15) is 0 Å². The van der Waals surface area contributed by atoms with E-state index in [2.05, 4.69) is 20.8 Å². The lowest BCUT2D eigenvalue weighted by Gasteiger charge is -2.58. The minimum atomic E-state index is 0.0533. The van der Waals surface area contributed by atoms with Crippen molar-refractivity contribution in [3.8, 4) is 0 Å². The van der Waals surface area contributed by atoms with Crippen molar-refractivity contribution in [3.63, 3.8) is 0 Å². The first-order chi connectivity index (χ1) is 6.02. The summed E-state index contributed by atoms with van der Waals surface area (Å²) in [4.78, 5) is 0. The molecule has 2 aliphatic heterocycles. The van der Waals surface area contributed by atoms with Crippen LogP contribution in [0, 0.1) is 17.3 Å². The zero-order valence-electron chi connectivity index (χ0n) is 8.84. The van der Waals surface area contributed by atoms with Gasteiger partial charge >= 0.3 is 0 Å². The third-order valence-corrected chi connectivity index (χ3v) is 4.42. The van der Waals surface area contributed by atoms with Gasteiger partial charge < -0.3 is 9.84 Å². The normalized spacial score (nSPS) is 55.4. The van der Waals surface area contributed by atoms with E-state index in [4.69, 9.17) is 4.74 Å². The smallest absolute Gasteiger partial charge is 0.0660 e. The van der Waals surface area contributed by atoms with E-state index in [0.717, 1.165) is 19.4 Å². The highest BCUT2D eigenvalue weighted by Gasteiger charge is 2.55. The summed E-state index contributed by atoms with van der Waals surface area (Å²) in [5.41, 5.74) is 0.146. The number of fused-ring (bicyclic) bond motifs is 3. The molecule has 0 spiro atoms. The molecule has 2 heteroatoms. The minimum Gasteiger partial charge on any atom is -0.396 e. The molecule has 0 radical (unpaired) electrons. The standard InChI is InChI=1S/C11H20O2/c1-8-4-10(3)5-9(2)11(8,6-12)7-13-10/h8-9,12H,4-7H2,1-3H3/t8-,9-,10?,11?/m1/s1. The molecule has 3 aliphatic rings. The van der Waals surface area contributed by atoms with Gasteiger partial charge in [-0.1, -0.05) is 13.8 Å². The largest absolute Gasteiger partial charge is 0.396 e. The van der Waals surface area contributed by atoms with E-state index in [1.54, 1.807) is 0 Å². The van der Waals surface area contributed by atoms with Crippen molar-refractivity contribution in [1.82, 2.24) is 0 Å². The molecule has 13 heavy (non-hydrogen) atoms. The minimum absolute atomic E-state index is 0.0533. The fourth-order valence-corrected chi connectivity index (χ4v) is 3.34. The van der Waals surface area contributed by atoms with Crippen molar-refractivity contribution in [3.05, 3.63) is 0 Å². The van der Waals surface area contributed by atoms with Crippen LogP contribution in [0.2, 0.25) is 0 Å². The molecule has 0 aromatic heterocycles. The Morgan fingerprint density at radius 3 is 2.23 bits per heavy atom. The molecule has 2 saturated heterocycles. The van der Waals surface area contributed by atoms with Crippen LogP contribution in [-0.2, 0) is 4.74 Å². The van der Waals surface area contributed by atoms with Crippen LogP contribution in [0.4, 0.5) is 0 Å². The van der Waals surface area contributed by atoms with E-state index in [9.17, 15) is 5.11 Å². The Balaban J connectivity index is 2.29. The summed E-state index contributed by atoms with van der Waals surface area (Å²) < 4.78 is 5.84. The van der Waals surface area contributed by atoms with E-state index >= 15 is 0 Å². The van der Waals surface area contributed by atoms with E-state index in [0.29, 0.717) is 11.8 Å². The van der Waals surface area contributed by atoms with Crippen molar-refractivity contribution >= 4 is 0 Å². The van der Waals surface area contributed by atoms with Crippen LogP contribution in [0.15, 0.2) is 0 Å². The van der Waals surface area contributed by atoms with Crippen LogP contribution < -0.4 is 0 Å². The van der Waals surface area contributed by atoms with E-state index in [1.807, 2.05) is 0 Å². The fourth-order valence-electron chi connectivity index (χ4n) is 3.34. The fraction of sp³-hybridized carbons (Fsp3) is 1.00. The second-order valence-corrected chi connectivity index (χ2v) is 5.34. The average molecular weight is 184 g/mol. The molecule has 1 aliphatic carbocycles. The summed E-state index contributed by atoms with van der Waals surface area (Å²) in [7, 11) is 0. The third-order valence-electron chi connectivity index (χ3n) is 4.42. The lowest BCUT2D eigenvalue weighted by molar-refractivity contribution is -0.236. The van der Waals surface area contributed by atoms with Gasteiger partial charge in [-0.25, -0.2) is 0 Å². The molecule has 2 bridgehead atoms. The second kappa shape index (κ2) is 2.71. The Kier molecular flexibility index (Phi) is 1.97. The summed E-state index contributed by atoms with van der Waals surface area (Å²) in [5.74, 6) is 1.19. The van der Waals surface area contributed by atoms with Gasteiger partial charge in [0.2, 0.25) is 0 Å². The molecule has 1 N–H and O–H groups in total. The molecule has 0 amide bonds. The van der Waals surface area contributed by atoms with Crippen LogP contribution in [-0.4, -0.2) is 23.9 Å². The quantitative estimate of drug-likeness (QED) is 0.673. The van der Waals surface area contributed by atoms with Gasteiger partial charge in [0.25, 0.3) is 0 Å². The highest BCUT2D eigenvalue weighted by Crippen LogP contribution is 2.54. The topological polar surface area (TPSA) is 29.5 Å². The van der Waals surface area contributed by atoms with E-state index in [-0.39, 0.29) is 17.6 Å². The second-order valence-electron chi connectivity index (χ2n) is 5.34. The number of aliphatic hydroxyl groups excluding tert-OH is 1. The van der Waals surface area contributed by atoms with Gasteiger partial charge in [-0.05, 0) is 31.6 Å². The molecule has 2 atom stereocenters. The van der Waals surface area contributed by atoms with Gasteiger partial charge in [-0.3, -0.25) is 0 Å². The predicted octanol–water partition coefficient (Wildman–Crippen LogP) is 1.82. The van der Waals surface area contributed by atoms with Crippen molar-refractivity contribution in [2.24, 2.45) is 17.3 Å². The maximum atomic E-state index is 9.51. The monoisotopic (exact) mass is 184 g/mol. The molecular formula is C11H20O2. The van der Waals surface area contributed by atoms with E-state index in [1.165, 1.54) is 0 Å². The lowest BCUT2D eigenvalue weighted by Crippen LogP contribution is -2.59. The molecule has 2 heterocycles. The molecule has 0 aromatic rings. The zero-order chi connectivity index (χ0) is 9.69. The molecule has 3 rings (SSSR count). The van der Waals surface area contributed by atoms with Crippen LogP contribution >= 0.6 is 0 Å². The molecule has 1 saturated carbocycles. The number of rotatable bonds is 1. The SMILES string of the molecule is C[C@@H]1CC2(C)C[C@@H](C)C1(CO)CO2. The first-order valence-corrected chi connectivity index (χ1v) is 5.27. The zero-order valence-corrected chi connectivity index (χ0v) is 8.84. The first kappa shape index (κ1) is 9.47. The summed E-state index contributed by atoms with van der Waals surface area (Å²) in [6.07, 6.45) is 2.22. The predicted molar refractivity (Wildman–Crippen MR) is 51.4 cm³/mol. The van der Waals surface area contributed by atoms with Crippen LogP contribution in [0.1, 0.15) is 33.6 Å². The highest BCUT2D eigenvalue weighted by atomic mass is 16.5. The summed E-state index contributed by atoms with van der Waals surface area (Å²) in [5, 5.41) is 9.51. The van der Waals surface area contributed by atoms with Crippen LogP contribution in [0.5, 0.6) is 0 Å². The molecule has 2 nitrogen and oxygen atoms in total. The lowest BCUT2D eigenvalue weighted by atomic mass is 9.56. The maximum Gasteiger partial charge on any atom is 0.0660 e. The first-order valence-electron chi connectivity index (χ1n) is 5.27. The van der Waals surface area contributed by atoms with Crippen LogP contribution in [0.3, 0.4) is 0 Å². The molecule has 0 unspecified atom stereocenters. The molecule has 3 fully saturated rings. The number of hydrogen-bond acceptors (Lipinski definition) is 2. The highest BCUT2D eigenvalue weighted by molar-refractivity contribution is 5.03. The van der Waals surface area contributed by atoms with Crippen molar-refractivity contribution < 1.29 is 9.84 Å². The Morgan fingerprint density at radius 1 is 1.31 bits per heavy atom. The van der Waals surface area contributed by atoms with Crippen molar-refractivity contribution in [1.29, 1.82) is 0 Å². The Bertz CT molecular complexity index is 200. The molecular weight excluding hydrogens is 164 g/mol. The summed E-state index contributed by atoms with van der Waals surface area (Å²) in [6, 6.07) is 0. The van der Waals surface area contributed by atoms with Gasteiger partial charge in [-0.2, -0.15) is 0 Å². The van der Waals surface area contributed by atoms with Gasteiger partial charge in [0.05, 0.1) is 18.8 Å². The van der Waals surface area contributed by atoms with Crippen molar-refractivity contribution in [2.45, 2.75) is 39.2 Å². The van der Waals surface area contributed by atoms with E-state index < -0.39 is 0 Å². The molecule has 0 aromatic carbocycles.